The SMILES string of the molecule is Cc1nn(CCN)cc1-c1ccc(C(C)C)cc1. The van der Waals surface area contributed by atoms with Crippen LogP contribution in [0.15, 0.2) is 30.5 Å². The zero-order valence-corrected chi connectivity index (χ0v) is 11.4. The lowest BCUT2D eigenvalue weighted by Gasteiger charge is -2.06. The van der Waals surface area contributed by atoms with E-state index < -0.39 is 0 Å². The van der Waals surface area contributed by atoms with E-state index in [1.165, 1.54) is 16.7 Å². The van der Waals surface area contributed by atoms with E-state index in [-0.39, 0.29) is 0 Å². The highest BCUT2D eigenvalue weighted by molar-refractivity contribution is 5.65. The van der Waals surface area contributed by atoms with Crippen LogP contribution in [0.2, 0.25) is 0 Å². The Bertz CT molecular complexity index is 509. The third-order valence-electron chi connectivity index (χ3n) is 3.19. The van der Waals surface area contributed by atoms with E-state index in [2.05, 4.69) is 49.4 Å². The number of rotatable bonds is 4. The molecule has 0 spiro atoms. The molecule has 2 aromatic rings. The summed E-state index contributed by atoms with van der Waals surface area (Å²) in [5.41, 5.74) is 10.4. The van der Waals surface area contributed by atoms with Crippen LogP contribution in [0, 0.1) is 6.92 Å². The van der Waals surface area contributed by atoms with Gasteiger partial charge in [-0.3, -0.25) is 4.68 Å². The summed E-state index contributed by atoms with van der Waals surface area (Å²) < 4.78 is 1.92. The minimum Gasteiger partial charge on any atom is -0.329 e. The first-order chi connectivity index (χ1) is 8.61. The molecule has 0 fully saturated rings. The molecule has 2 rings (SSSR count). The second kappa shape index (κ2) is 5.36. The summed E-state index contributed by atoms with van der Waals surface area (Å²) in [5, 5.41) is 4.47. The monoisotopic (exact) mass is 243 g/mol. The Morgan fingerprint density at radius 2 is 1.89 bits per heavy atom. The Kier molecular flexibility index (Phi) is 3.82. The Balaban J connectivity index is 2.30. The zero-order valence-electron chi connectivity index (χ0n) is 11.4. The van der Waals surface area contributed by atoms with Gasteiger partial charge in [-0.2, -0.15) is 5.10 Å². The van der Waals surface area contributed by atoms with Crippen LogP contribution in [0.4, 0.5) is 0 Å². The first kappa shape index (κ1) is 12.8. The first-order valence-electron chi connectivity index (χ1n) is 6.46. The molecule has 0 aliphatic heterocycles. The fourth-order valence-electron chi connectivity index (χ4n) is 2.10. The molecule has 0 atom stereocenters. The summed E-state index contributed by atoms with van der Waals surface area (Å²) in [6.07, 6.45) is 2.08. The molecule has 0 aliphatic rings. The first-order valence-corrected chi connectivity index (χ1v) is 6.46. The smallest absolute Gasteiger partial charge is 0.0672 e. The van der Waals surface area contributed by atoms with Crippen LogP contribution >= 0.6 is 0 Å². The average molecular weight is 243 g/mol. The summed E-state index contributed by atoms with van der Waals surface area (Å²) in [4.78, 5) is 0. The molecule has 3 heteroatoms. The van der Waals surface area contributed by atoms with Gasteiger partial charge >= 0.3 is 0 Å². The number of hydrogen-bond donors (Lipinski definition) is 1. The van der Waals surface area contributed by atoms with Gasteiger partial charge in [-0.25, -0.2) is 0 Å². The molecule has 3 nitrogen and oxygen atoms in total. The maximum Gasteiger partial charge on any atom is 0.0672 e. The van der Waals surface area contributed by atoms with E-state index >= 15 is 0 Å². The molecule has 0 radical (unpaired) electrons. The van der Waals surface area contributed by atoms with Gasteiger partial charge in [0, 0.05) is 18.3 Å². The maximum atomic E-state index is 5.55. The van der Waals surface area contributed by atoms with Crippen LogP contribution in [0.1, 0.15) is 31.0 Å². The van der Waals surface area contributed by atoms with Gasteiger partial charge in [0.15, 0.2) is 0 Å². The van der Waals surface area contributed by atoms with Gasteiger partial charge in [0.2, 0.25) is 0 Å². The number of hydrogen-bond acceptors (Lipinski definition) is 2. The molecular formula is C15H21N3. The van der Waals surface area contributed by atoms with E-state index in [1.54, 1.807) is 0 Å². The second-order valence-corrected chi connectivity index (χ2v) is 4.96. The lowest BCUT2D eigenvalue weighted by Crippen LogP contribution is -2.10. The highest BCUT2D eigenvalue weighted by Crippen LogP contribution is 2.24. The molecule has 0 unspecified atom stereocenters. The Morgan fingerprint density at radius 3 is 2.44 bits per heavy atom. The third-order valence-corrected chi connectivity index (χ3v) is 3.19. The molecule has 0 saturated carbocycles. The lowest BCUT2D eigenvalue weighted by molar-refractivity contribution is 0.620. The second-order valence-electron chi connectivity index (χ2n) is 4.96. The lowest BCUT2D eigenvalue weighted by atomic mass is 9.99. The molecule has 1 aromatic heterocycles. The van der Waals surface area contributed by atoms with Crippen LogP contribution in [0.3, 0.4) is 0 Å². The van der Waals surface area contributed by atoms with E-state index in [4.69, 9.17) is 5.73 Å². The Hall–Kier alpha value is -1.61. The standard InChI is InChI=1S/C15H21N3/c1-11(2)13-4-6-14(7-5-13)15-10-18(9-8-16)17-12(15)3/h4-7,10-11H,8-9,16H2,1-3H3. The molecule has 0 saturated heterocycles. The predicted molar refractivity (Wildman–Crippen MR) is 75.5 cm³/mol. The van der Waals surface area contributed by atoms with Gasteiger partial charge in [-0.05, 0) is 24.0 Å². The predicted octanol–water partition coefficient (Wildman–Crippen LogP) is 2.94. The number of nitrogens with two attached hydrogens (primary N) is 1. The van der Waals surface area contributed by atoms with Gasteiger partial charge in [0.25, 0.3) is 0 Å². The van der Waals surface area contributed by atoms with Crippen molar-refractivity contribution in [2.45, 2.75) is 33.2 Å². The number of aromatic nitrogens is 2. The van der Waals surface area contributed by atoms with Crippen molar-refractivity contribution in [3.63, 3.8) is 0 Å². The van der Waals surface area contributed by atoms with Crippen molar-refractivity contribution in [3.05, 3.63) is 41.7 Å². The summed E-state index contributed by atoms with van der Waals surface area (Å²) in [6.45, 7) is 7.84. The summed E-state index contributed by atoms with van der Waals surface area (Å²) in [5.74, 6) is 0.570. The molecule has 0 bridgehead atoms. The van der Waals surface area contributed by atoms with Gasteiger partial charge in [-0.1, -0.05) is 38.1 Å². The third kappa shape index (κ3) is 2.62. The largest absolute Gasteiger partial charge is 0.329 e. The Labute approximate surface area is 109 Å². The minimum atomic E-state index is 0.570. The van der Waals surface area contributed by atoms with Crippen LogP contribution in [0.25, 0.3) is 11.1 Å². The van der Waals surface area contributed by atoms with Gasteiger partial charge < -0.3 is 5.73 Å². The number of aryl methyl sites for hydroxylation is 1. The van der Waals surface area contributed by atoms with Crippen molar-refractivity contribution < 1.29 is 0 Å². The molecule has 18 heavy (non-hydrogen) atoms. The van der Waals surface area contributed by atoms with E-state index in [0.29, 0.717) is 12.5 Å². The molecule has 1 heterocycles. The van der Waals surface area contributed by atoms with Crippen LogP contribution in [-0.2, 0) is 6.54 Å². The highest BCUT2D eigenvalue weighted by atomic mass is 15.3. The number of benzene rings is 1. The molecule has 2 N–H and O–H groups in total. The molecule has 96 valence electrons. The quantitative estimate of drug-likeness (QED) is 0.897. The van der Waals surface area contributed by atoms with Crippen LogP contribution in [-0.4, -0.2) is 16.3 Å². The average Bonchev–Trinajstić information content (AvgIpc) is 2.71. The van der Waals surface area contributed by atoms with Crippen molar-refractivity contribution in [1.29, 1.82) is 0 Å². The fourth-order valence-corrected chi connectivity index (χ4v) is 2.10. The van der Waals surface area contributed by atoms with Gasteiger partial charge in [0.05, 0.1) is 12.2 Å². The normalized spacial score (nSPS) is 11.2. The highest BCUT2D eigenvalue weighted by Gasteiger charge is 2.07. The summed E-state index contributed by atoms with van der Waals surface area (Å²) in [7, 11) is 0. The van der Waals surface area contributed by atoms with E-state index in [0.717, 1.165) is 12.2 Å². The van der Waals surface area contributed by atoms with Crippen molar-refractivity contribution in [2.24, 2.45) is 5.73 Å². The van der Waals surface area contributed by atoms with Crippen molar-refractivity contribution >= 4 is 0 Å². The molecular weight excluding hydrogens is 222 g/mol. The van der Waals surface area contributed by atoms with Crippen LogP contribution < -0.4 is 5.73 Å². The Morgan fingerprint density at radius 1 is 1.22 bits per heavy atom. The molecule has 1 aromatic carbocycles. The zero-order chi connectivity index (χ0) is 13.1. The minimum absolute atomic E-state index is 0.570. The maximum absolute atomic E-state index is 5.55. The topological polar surface area (TPSA) is 43.8 Å². The summed E-state index contributed by atoms with van der Waals surface area (Å²) >= 11 is 0. The molecule has 0 aliphatic carbocycles. The molecule has 0 amide bonds. The fraction of sp³-hybridized carbons (Fsp3) is 0.400. The van der Waals surface area contributed by atoms with E-state index in [1.807, 2.05) is 11.6 Å². The van der Waals surface area contributed by atoms with Crippen LogP contribution in [0.5, 0.6) is 0 Å². The van der Waals surface area contributed by atoms with Gasteiger partial charge in [0.1, 0.15) is 0 Å². The van der Waals surface area contributed by atoms with Crippen molar-refractivity contribution in [1.82, 2.24) is 9.78 Å². The van der Waals surface area contributed by atoms with Crippen molar-refractivity contribution in [3.8, 4) is 11.1 Å². The number of nitrogens with zero attached hydrogens (tertiary/aromatic N) is 2. The van der Waals surface area contributed by atoms with E-state index in [9.17, 15) is 0 Å². The van der Waals surface area contributed by atoms with Gasteiger partial charge in [-0.15, -0.1) is 0 Å². The summed E-state index contributed by atoms with van der Waals surface area (Å²) in [6, 6.07) is 8.73. The van der Waals surface area contributed by atoms with Crippen molar-refractivity contribution in [2.75, 3.05) is 6.54 Å².